The summed E-state index contributed by atoms with van der Waals surface area (Å²) >= 11 is 0. The van der Waals surface area contributed by atoms with E-state index in [0.29, 0.717) is 24.5 Å². The van der Waals surface area contributed by atoms with Crippen LogP contribution in [0.15, 0.2) is 18.2 Å². The van der Waals surface area contributed by atoms with Gasteiger partial charge in [-0.2, -0.15) is 0 Å². The maximum Gasteiger partial charge on any atom is 0.280 e. The molecule has 24 heavy (non-hydrogen) atoms. The largest absolute Gasteiger partial charge is 0.495 e. The molecule has 0 bridgehead atoms. The van der Waals surface area contributed by atoms with Gasteiger partial charge in [0.05, 0.1) is 31.9 Å². The first kappa shape index (κ1) is 18.0. The number of carbonyl (C=O) groups is 1. The molecule has 1 aliphatic rings. The number of ether oxygens (including phenoxy) is 1. The van der Waals surface area contributed by atoms with Crippen LogP contribution in [0.25, 0.3) is 0 Å². The minimum atomic E-state index is -2.96. The van der Waals surface area contributed by atoms with Crippen molar-refractivity contribution < 1.29 is 18.3 Å². The van der Waals surface area contributed by atoms with Gasteiger partial charge in [-0.25, -0.2) is 8.78 Å². The second-order valence-electron chi connectivity index (χ2n) is 5.79. The topological polar surface area (TPSA) is 53.6 Å². The van der Waals surface area contributed by atoms with Gasteiger partial charge in [0.15, 0.2) is 0 Å². The maximum atomic E-state index is 14.0. The minimum absolute atomic E-state index is 0.203. The monoisotopic (exact) mass is 337 g/mol. The van der Waals surface area contributed by atoms with Crippen molar-refractivity contribution in [1.82, 2.24) is 10.2 Å². The van der Waals surface area contributed by atoms with E-state index in [1.54, 1.807) is 24.1 Å². The Bertz CT molecular complexity index is 643. The minimum Gasteiger partial charge on any atom is -0.495 e. The summed E-state index contributed by atoms with van der Waals surface area (Å²) in [5, 5.41) is 5.40. The first-order valence-electron chi connectivity index (χ1n) is 7.60. The lowest BCUT2D eigenvalue weighted by molar-refractivity contribution is -0.0816. The van der Waals surface area contributed by atoms with Gasteiger partial charge in [-0.05, 0) is 31.7 Å². The first-order chi connectivity index (χ1) is 11.4. The Balaban J connectivity index is 2.11. The number of halogens is 2. The van der Waals surface area contributed by atoms with Crippen LogP contribution in [0.4, 0.5) is 14.5 Å². The zero-order valence-electron chi connectivity index (χ0n) is 13.7. The van der Waals surface area contributed by atoms with Crippen LogP contribution in [0.3, 0.4) is 0 Å². The van der Waals surface area contributed by atoms with Crippen molar-refractivity contribution in [3.05, 3.63) is 23.8 Å². The number of hydrogen-bond donors (Lipinski definition) is 2. The molecule has 5 nitrogen and oxygen atoms in total. The second-order valence-corrected chi connectivity index (χ2v) is 5.79. The van der Waals surface area contributed by atoms with Gasteiger partial charge in [-0.3, -0.25) is 4.79 Å². The number of hydrogen-bond acceptors (Lipinski definition) is 4. The third-order valence-corrected chi connectivity index (χ3v) is 3.94. The normalized spacial score (nSPS) is 20.0. The summed E-state index contributed by atoms with van der Waals surface area (Å²) in [6, 6.07) is 3.51. The quantitative estimate of drug-likeness (QED) is 0.805. The summed E-state index contributed by atoms with van der Waals surface area (Å²) in [4.78, 5) is 13.9. The van der Waals surface area contributed by atoms with Crippen molar-refractivity contribution in [3.63, 3.8) is 0 Å². The molecule has 0 aliphatic carbocycles. The SMILES string of the molecule is C#CCNc1ccc(C(=O)NC2CCN(C)CC2(F)F)cc1OC. The third-order valence-electron chi connectivity index (χ3n) is 3.94. The number of anilines is 1. The molecule has 1 fully saturated rings. The predicted molar refractivity (Wildman–Crippen MR) is 88.6 cm³/mol. The Morgan fingerprint density at radius 1 is 1.54 bits per heavy atom. The number of rotatable bonds is 5. The van der Waals surface area contributed by atoms with Gasteiger partial charge < -0.3 is 20.3 Å². The van der Waals surface area contributed by atoms with E-state index in [2.05, 4.69) is 16.6 Å². The van der Waals surface area contributed by atoms with E-state index in [0.717, 1.165) is 0 Å². The average Bonchev–Trinajstić information content (AvgIpc) is 2.54. The molecule has 1 aliphatic heterocycles. The first-order valence-corrected chi connectivity index (χ1v) is 7.60. The number of amides is 1. The van der Waals surface area contributed by atoms with E-state index in [4.69, 9.17) is 11.2 Å². The van der Waals surface area contributed by atoms with E-state index in [1.165, 1.54) is 13.2 Å². The molecule has 1 heterocycles. The van der Waals surface area contributed by atoms with Crippen LogP contribution in [-0.4, -0.2) is 56.6 Å². The highest BCUT2D eigenvalue weighted by Gasteiger charge is 2.44. The molecule has 7 heteroatoms. The van der Waals surface area contributed by atoms with E-state index < -0.39 is 17.9 Å². The van der Waals surface area contributed by atoms with Gasteiger partial charge in [0, 0.05) is 12.1 Å². The lowest BCUT2D eigenvalue weighted by Gasteiger charge is -2.36. The van der Waals surface area contributed by atoms with E-state index >= 15 is 0 Å². The number of piperidine rings is 1. The second kappa shape index (κ2) is 7.49. The van der Waals surface area contributed by atoms with Crippen LogP contribution < -0.4 is 15.4 Å². The number of benzene rings is 1. The predicted octanol–water partition coefficient (Wildman–Crippen LogP) is 1.81. The summed E-state index contributed by atoms with van der Waals surface area (Å²) in [7, 11) is 3.10. The van der Waals surface area contributed by atoms with Gasteiger partial charge >= 0.3 is 0 Å². The van der Waals surface area contributed by atoms with Crippen LogP contribution >= 0.6 is 0 Å². The fourth-order valence-electron chi connectivity index (χ4n) is 2.65. The molecule has 130 valence electrons. The maximum absolute atomic E-state index is 14.0. The van der Waals surface area contributed by atoms with Gasteiger partial charge in [0.1, 0.15) is 5.75 Å². The highest BCUT2D eigenvalue weighted by Crippen LogP contribution is 2.28. The molecular weight excluding hydrogens is 316 g/mol. The summed E-state index contributed by atoms with van der Waals surface area (Å²) in [5.41, 5.74) is 0.893. The zero-order valence-corrected chi connectivity index (χ0v) is 13.7. The summed E-state index contributed by atoms with van der Waals surface area (Å²) in [5.74, 6) is -0.645. The van der Waals surface area contributed by atoms with Gasteiger partial charge in [0.25, 0.3) is 11.8 Å². The van der Waals surface area contributed by atoms with Crippen molar-refractivity contribution in [1.29, 1.82) is 0 Å². The smallest absolute Gasteiger partial charge is 0.280 e. The number of nitrogens with one attached hydrogen (secondary N) is 2. The number of likely N-dealkylation sites (tertiary alicyclic amines) is 1. The van der Waals surface area contributed by atoms with Gasteiger partial charge in [0.2, 0.25) is 0 Å². The summed E-state index contributed by atoms with van der Waals surface area (Å²) in [6.07, 6.45) is 5.40. The molecule has 0 radical (unpaired) electrons. The fraction of sp³-hybridized carbons (Fsp3) is 0.471. The van der Waals surface area contributed by atoms with Crippen LogP contribution in [0, 0.1) is 12.3 Å². The van der Waals surface area contributed by atoms with E-state index in [1.807, 2.05) is 0 Å². The molecular formula is C17H21F2N3O2. The van der Waals surface area contributed by atoms with Crippen molar-refractivity contribution in [2.24, 2.45) is 0 Å². The summed E-state index contributed by atoms with van der Waals surface area (Å²) < 4.78 is 33.3. The van der Waals surface area contributed by atoms with Crippen LogP contribution in [-0.2, 0) is 0 Å². The molecule has 1 aromatic carbocycles. The molecule has 1 atom stereocenters. The Labute approximate surface area is 140 Å². The molecule has 1 aromatic rings. The molecule has 2 rings (SSSR count). The van der Waals surface area contributed by atoms with Crippen molar-refractivity contribution in [2.75, 3.05) is 39.1 Å². The lowest BCUT2D eigenvalue weighted by Crippen LogP contribution is -2.57. The fourth-order valence-corrected chi connectivity index (χ4v) is 2.65. The Morgan fingerprint density at radius 3 is 2.92 bits per heavy atom. The highest BCUT2D eigenvalue weighted by atomic mass is 19.3. The zero-order chi connectivity index (χ0) is 17.7. The number of nitrogens with zero attached hydrogens (tertiary/aromatic N) is 1. The van der Waals surface area contributed by atoms with Crippen LogP contribution in [0.1, 0.15) is 16.8 Å². The van der Waals surface area contributed by atoms with Crippen LogP contribution in [0.2, 0.25) is 0 Å². The number of alkyl halides is 2. The average molecular weight is 337 g/mol. The Kier molecular flexibility index (Phi) is 5.62. The number of methoxy groups -OCH3 is 1. The van der Waals surface area contributed by atoms with Crippen molar-refractivity contribution in [3.8, 4) is 18.1 Å². The molecule has 0 saturated carbocycles. The van der Waals surface area contributed by atoms with Crippen molar-refractivity contribution >= 4 is 11.6 Å². The number of terminal acetylenes is 1. The molecule has 0 aromatic heterocycles. The number of carbonyl (C=O) groups excluding carboxylic acids is 1. The molecule has 0 spiro atoms. The lowest BCUT2D eigenvalue weighted by atomic mass is 10.0. The van der Waals surface area contributed by atoms with Gasteiger partial charge in [-0.15, -0.1) is 6.42 Å². The third kappa shape index (κ3) is 4.15. The molecule has 2 N–H and O–H groups in total. The summed E-state index contributed by atoms with van der Waals surface area (Å²) in [6.45, 7) is 0.457. The molecule has 1 saturated heterocycles. The Morgan fingerprint density at radius 2 is 2.29 bits per heavy atom. The Hall–Kier alpha value is -2.33. The van der Waals surface area contributed by atoms with E-state index in [-0.39, 0.29) is 18.5 Å². The van der Waals surface area contributed by atoms with Gasteiger partial charge in [-0.1, -0.05) is 5.92 Å². The standard InChI is InChI=1S/C17H21F2N3O2/c1-4-8-20-13-6-5-12(10-14(13)24-3)16(23)21-15-7-9-22(2)11-17(15,18)19/h1,5-6,10,15,20H,7-9,11H2,2-3H3,(H,21,23). The highest BCUT2D eigenvalue weighted by molar-refractivity contribution is 5.95. The van der Waals surface area contributed by atoms with E-state index in [9.17, 15) is 13.6 Å². The molecule has 1 unspecified atom stereocenters. The van der Waals surface area contributed by atoms with Crippen LogP contribution in [0.5, 0.6) is 5.75 Å². The molecule has 1 amide bonds. The van der Waals surface area contributed by atoms with Crippen molar-refractivity contribution in [2.45, 2.75) is 18.4 Å².